The van der Waals surface area contributed by atoms with Gasteiger partial charge in [-0.25, -0.2) is 8.42 Å². The van der Waals surface area contributed by atoms with Crippen LogP contribution in [0.1, 0.15) is 36.0 Å². The third-order valence-electron chi connectivity index (χ3n) is 3.40. The summed E-state index contributed by atoms with van der Waals surface area (Å²) in [6.45, 7) is 1.53. The lowest BCUT2D eigenvalue weighted by atomic mass is 10.2. The van der Waals surface area contributed by atoms with Gasteiger partial charge in [0.25, 0.3) is 5.91 Å². The molecule has 0 unspecified atom stereocenters. The molecule has 0 bridgehead atoms. The highest BCUT2D eigenvalue weighted by molar-refractivity contribution is 7.90. The van der Waals surface area contributed by atoms with Crippen molar-refractivity contribution in [2.24, 2.45) is 0 Å². The predicted octanol–water partition coefficient (Wildman–Crippen LogP) is 2.11. The highest BCUT2D eigenvalue weighted by Crippen LogP contribution is 2.16. The number of carbonyl (C=O) groups is 1. The Hall–Kier alpha value is -1.36. The van der Waals surface area contributed by atoms with Gasteiger partial charge in [-0.15, -0.1) is 0 Å². The van der Waals surface area contributed by atoms with Crippen molar-refractivity contribution in [3.63, 3.8) is 0 Å². The van der Waals surface area contributed by atoms with E-state index in [0.29, 0.717) is 5.56 Å². The van der Waals surface area contributed by atoms with Crippen LogP contribution in [0.4, 0.5) is 0 Å². The summed E-state index contributed by atoms with van der Waals surface area (Å²) < 4.78 is 23.0. The van der Waals surface area contributed by atoms with Crippen LogP contribution in [-0.2, 0) is 9.84 Å². The van der Waals surface area contributed by atoms with Crippen molar-refractivity contribution in [3.05, 3.63) is 29.8 Å². The summed E-state index contributed by atoms with van der Waals surface area (Å²) in [4.78, 5) is 14.4. The van der Waals surface area contributed by atoms with Gasteiger partial charge in [-0.1, -0.05) is 18.9 Å². The fourth-order valence-corrected chi connectivity index (χ4v) is 2.98. The molecule has 4 nitrogen and oxygen atoms in total. The molecular weight excluding hydrogens is 262 g/mol. The van der Waals surface area contributed by atoms with Gasteiger partial charge in [-0.2, -0.15) is 0 Å². The Morgan fingerprint density at radius 3 is 2.32 bits per heavy atom. The van der Waals surface area contributed by atoms with Crippen LogP contribution in [0.2, 0.25) is 0 Å². The van der Waals surface area contributed by atoms with Gasteiger partial charge in [0.05, 0.1) is 4.90 Å². The van der Waals surface area contributed by atoms with Gasteiger partial charge in [0.2, 0.25) is 0 Å². The summed E-state index contributed by atoms with van der Waals surface area (Å²) >= 11 is 0. The monoisotopic (exact) mass is 281 g/mol. The van der Waals surface area contributed by atoms with Crippen LogP contribution < -0.4 is 0 Å². The molecular formula is C14H19NO3S. The minimum absolute atomic E-state index is 0.0626. The largest absolute Gasteiger partial charge is 0.339 e. The molecule has 0 N–H and O–H groups in total. The van der Waals surface area contributed by atoms with Crippen LogP contribution in [-0.4, -0.2) is 38.6 Å². The van der Waals surface area contributed by atoms with Gasteiger partial charge in [-0.3, -0.25) is 4.79 Å². The summed E-state index contributed by atoms with van der Waals surface area (Å²) in [5, 5.41) is 0. The van der Waals surface area contributed by atoms with Crippen molar-refractivity contribution in [2.75, 3.05) is 19.3 Å². The zero-order valence-corrected chi connectivity index (χ0v) is 11.9. The Balaban J connectivity index is 2.23. The van der Waals surface area contributed by atoms with Crippen LogP contribution in [0.15, 0.2) is 29.2 Å². The molecule has 1 aliphatic heterocycles. The van der Waals surface area contributed by atoms with Gasteiger partial charge in [0.1, 0.15) is 0 Å². The van der Waals surface area contributed by atoms with E-state index >= 15 is 0 Å². The van der Waals surface area contributed by atoms with Crippen molar-refractivity contribution in [1.82, 2.24) is 4.90 Å². The number of carbonyl (C=O) groups excluding carboxylic acids is 1. The van der Waals surface area contributed by atoms with E-state index in [1.165, 1.54) is 12.1 Å². The predicted molar refractivity (Wildman–Crippen MR) is 73.9 cm³/mol. The summed E-state index contributed by atoms with van der Waals surface area (Å²) in [6, 6.07) is 6.31. The average Bonchev–Trinajstić information content (AvgIpc) is 2.66. The van der Waals surface area contributed by atoms with Crippen molar-refractivity contribution in [3.8, 4) is 0 Å². The second-order valence-electron chi connectivity index (χ2n) is 5.01. The summed E-state index contributed by atoms with van der Waals surface area (Å²) in [7, 11) is -3.27. The second-order valence-corrected chi connectivity index (χ2v) is 7.02. The minimum Gasteiger partial charge on any atom is -0.339 e. The molecule has 1 aromatic rings. The first-order valence-corrected chi connectivity index (χ1v) is 8.47. The van der Waals surface area contributed by atoms with E-state index < -0.39 is 9.84 Å². The van der Waals surface area contributed by atoms with Crippen LogP contribution in [0.25, 0.3) is 0 Å². The average molecular weight is 281 g/mol. The smallest absolute Gasteiger partial charge is 0.253 e. The van der Waals surface area contributed by atoms with Gasteiger partial charge >= 0.3 is 0 Å². The molecule has 104 valence electrons. The minimum atomic E-state index is -3.27. The van der Waals surface area contributed by atoms with Crippen molar-refractivity contribution >= 4 is 15.7 Å². The lowest BCUT2D eigenvalue weighted by Crippen LogP contribution is -2.31. The molecule has 19 heavy (non-hydrogen) atoms. The maximum absolute atomic E-state index is 12.4. The summed E-state index contributed by atoms with van der Waals surface area (Å²) in [5.41, 5.74) is 0.463. The normalized spacial score (nSPS) is 17.0. The third kappa shape index (κ3) is 3.56. The molecule has 5 heteroatoms. The third-order valence-corrected chi connectivity index (χ3v) is 4.51. The van der Waals surface area contributed by atoms with E-state index in [9.17, 15) is 13.2 Å². The number of nitrogens with zero attached hydrogens (tertiary/aromatic N) is 1. The summed E-state index contributed by atoms with van der Waals surface area (Å²) in [5.74, 6) is -0.0626. The fourth-order valence-electron chi connectivity index (χ4n) is 2.32. The Labute approximate surface area is 114 Å². The first-order chi connectivity index (χ1) is 8.98. The van der Waals surface area contributed by atoms with Gasteiger partial charge < -0.3 is 4.90 Å². The standard InChI is InChI=1S/C14H19NO3S/c1-19(17,18)13-8-6-7-12(11-13)14(16)15-9-4-2-3-5-10-15/h6-8,11H,2-5,9-10H2,1H3. The molecule has 0 radical (unpaired) electrons. The number of sulfone groups is 1. The van der Waals surface area contributed by atoms with Crippen molar-refractivity contribution in [2.45, 2.75) is 30.6 Å². The molecule has 1 saturated heterocycles. The molecule has 0 spiro atoms. The van der Waals surface area contributed by atoms with Gasteiger partial charge in [0, 0.05) is 24.9 Å². The molecule has 0 aliphatic carbocycles. The van der Waals surface area contributed by atoms with Crippen LogP contribution in [0, 0.1) is 0 Å². The molecule has 1 amide bonds. The topological polar surface area (TPSA) is 54.5 Å². The molecule has 1 aromatic carbocycles. The number of hydrogen-bond acceptors (Lipinski definition) is 3. The Morgan fingerprint density at radius 2 is 1.74 bits per heavy atom. The Bertz CT molecular complexity index is 558. The van der Waals surface area contributed by atoms with E-state index in [-0.39, 0.29) is 10.8 Å². The number of amides is 1. The van der Waals surface area contributed by atoms with Crippen molar-refractivity contribution < 1.29 is 13.2 Å². The Kier molecular flexibility index (Phi) is 4.24. The summed E-state index contributed by atoms with van der Waals surface area (Å²) in [6.07, 6.45) is 5.53. The highest BCUT2D eigenvalue weighted by Gasteiger charge is 2.18. The van der Waals surface area contributed by atoms with Crippen LogP contribution in [0.3, 0.4) is 0 Å². The molecule has 1 fully saturated rings. The van der Waals surface area contributed by atoms with E-state index in [1.807, 2.05) is 4.90 Å². The first kappa shape index (κ1) is 14.1. The number of benzene rings is 1. The molecule has 0 atom stereocenters. The van der Waals surface area contributed by atoms with E-state index in [4.69, 9.17) is 0 Å². The van der Waals surface area contributed by atoms with Crippen LogP contribution >= 0.6 is 0 Å². The zero-order chi connectivity index (χ0) is 13.9. The van der Waals surface area contributed by atoms with Gasteiger partial charge in [0.15, 0.2) is 9.84 Å². The van der Waals surface area contributed by atoms with E-state index in [0.717, 1.165) is 45.0 Å². The molecule has 1 heterocycles. The highest BCUT2D eigenvalue weighted by atomic mass is 32.2. The fraction of sp³-hybridized carbons (Fsp3) is 0.500. The first-order valence-electron chi connectivity index (χ1n) is 6.58. The Morgan fingerprint density at radius 1 is 1.11 bits per heavy atom. The lowest BCUT2D eigenvalue weighted by Gasteiger charge is -2.20. The van der Waals surface area contributed by atoms with E-state index in [1.54, 1.807) is 12.1 Å². The number of hydrogen-bond donors (Lipinski definition) is 0. The zero-order valence-electron chi connectivity index (χ0n) is 11.1. The SMILES string of the molecule is CS(=O)(=O)c1cccc(C(=O)N2CCCCCC2)c1. The van der Waals surface area contributed by atoms with Crippen LogP contribution in [0.5, 0.6) is 0 Å². The van der Waals surface area contributed by atoms with Crippen molar-refractivity contribution in [1.29, 1.82) is 0 Å². The van der Waals surface area contributed by atoms with E-state index in [2.05, 4.69) is 0 Å². The number of likely N-dealkylation sites (tertiary alicyclic amines) is 1. The maximum Gasteiger partial charge on any atom is 0.253 e. The maximum atomic E-state index is 12.4. The molecule has 1 aliphatic rings. The number of rotatable bonds is 2. The quantitative estimate of drug-likeness (QED) is 0.834. The van der Waals surface area contributed by atoms with Gasteiger partial charge in [-0.05, 0) is 31.0 Å². The lowest BCUT2D eigenvalue weighted by molar-refractivity contribution is 0.0761. The molecule has 2 rings (SSSR count). The second kappa shape index (κ2) is 5.74. The molecule has 0 aromatic heterocycles. The molecule has 0 saturated carbocycles.